The van der Waals surface area contributed by atoms with Gasteiger partial charge in [-0.3, -0.25) is 4.90 Å². The van der Waals surface area contributed by atoms with Crippen molar-refractivity contribution in [2.24, 2.45) is 0 Å². The summed E-state index contributed by atoms with van der Waals surface area (Å²) in [5.74, 6) is 0. The van der Waals surface area contributed by atoms with Crippen molar-refractivity contribution >= 4 is 11.3 Å². The molecule has 1 aliphatic heterocycles. The number of piperazine rings is 1. The summed E-state index contributed by atoms with van der Waals surface area (Å²) in [6, 6.07) is 5.33. The molecule has 1 aliphatic rings. The molecule has 114 valence electrons. The monoisotopic (exact) mass is 295 g/mol. The maximum Gasteiger partial charge on any atom is 0.0329 e. The third-order valence-corrected chi connectivity index (χ3v) is 5.23. The summed E-state index contributed by atoms with van der Waals surface area (Å²) in [4.78, 5) is 8.10. The Morgan fingerprint density at radius 1 is 1.25 bits per heavy atom. The molecule has 2 heterocycles. The number of nitrogens with one attached hydrogen (secondary N) is 1. The normalized spacial score (nSPS) is 21.4. The minimum atomic E-state index is 0.731. The highest BCUT2D eigenvalue weighted by atomic mass is 32.1. The van der Waals surface area contributed by atoms with Gasteiger partial charge in [0.05, 0.1) is 0 Å². The molecule has 0 amide bonds. The number of hydrogen-bond acceptors (Lipinski definition) is 4. The Kier molecular flexibility index (Phi) is 6.49. The van der Waals surface area contributed by atoms with Gasteiger partial charge in [-0.1, -0.05) is 13.8 Å². The highest BCUT2D eigenvalue weighted by Crippen LogP contribution is 2.20. The van der Waals surface area contributed by atoms with E-state index in [1.165, 1.54) is 42.2 Å². The fraction of sp³-hybridized carbons (Fsp3) is 0.750. The second kappa shape index (κ2) is 8.13. The molecule has 4 heteroatoms. The van der Waals surface area contributed by atoms with Crippen LogP contribution in [0.2, 0.25) is 0 Å². The molecule has 2 rings (SSSR count). The Morgan fingerprint density at radius 2 is 2.05 bits per heavy atom. The lowest BCUT2D eigenvalue weighted by atomic mass is 10.1. The standard InChI is InChI=1S/C16H29N3S/c1-4-8-17-11-15-6-7-16(20-15)13-19-10-9-18(3)14(5-2)12-19/h6-7,14,17H,4-5,8-13H2,1-3H3. The predicted octanol–water partition coefficient (Wildman–Crippen LogP) is 2.77. The molecule has 0 spiro atoms. The van der Waals surface area contributed by atoms with Crippen LogP contribution in [0.15, 0.2) is 12.1 Å². The predicted molar refractivity (Wildman–Crippen MR) is 88.3 cm³/mol. The Labute approximate surface area is 128 Å². The second-order valence-electron chi connectivity index (χ2n) is 5.82. The van der Waals surface area contributed by atoms with E-state index in [1.54, 1.807) is 0 Å². The van der Waals surface area contributed by atoms with Crippen molar-refractivity contribution < 1.29 is 0 Å². The van der Waals surface area contributed by atoms with E-state index in [4.69, 9.17) is 0 Å². The molecule has 0 bridgehead atoms. The third-order valence-electron chi connectivity index (χ3n) is 4.16. The molecule has 1 saturated heterocycles. The van der Waals surface area contributed by atoms with E-state index in [0.29, 0.717) is 0 Å². The van der Waals surface area contributed by atoms with E-state index in [0.717, 1.165) is 25.7 Å². The van der Waals surface area contributed by atoms with Crippen molar-refractivity contribution in [1.29, 1.82) is 0 Å². The van der Waals surface area contributed by atoms with Gasteiger partial charge in [-0.15, -0.1) is 11.3 Å². The van der Waals surface area contributed by atoms with E-state index in [2.05, 4.69) is 48.1 Å². The van der Waals surface area contributed by atoms with Crippen LogP contribution >= 0.6 is 11.3 Å². The zero-order valence-electron chi connectivity index (χ0n) is 13.2. The van der Waals surface area contributed by atoms with Gasteiger partial charge in [-0.25, -0.2) is 0 Å². The Balaban J connectivity index is 1.81. The SMILES string of the molecule is CCCNCc1ccc(CN2CCN(C)C(CC)C2)s1. The molecule has 20 heavy (non-hydrogen) atoms. The van der Waals surface area contributed by atoms with Crippen molar-refractivity contribution in [2.45, 2.75) is 45.8 Å². The van der Waals surface area contributed by atoms with Crippen LogP contribution in [0.1, 0.15) is 36.4 Å². The molecule has 0 saturated carbocycles. The van der Waals surface area contributed by atoms with Crippen molar-refractivity contribution in [3.05, 3.63) is 21.9 Å². The first-order valence-electron chi connectivity index (χ1n) is 7.93. The first-order chi connectivity index (χ1) is 9.72. The van der Waals surface area contributed by atoms with Gasteiger partial charge in [-0.2, -0.15) is 0 Å². The first-order valence-corrected chi connectivity index (χ1v) is 8.75. The van der Waals surface area contributed by atoms with Gasteiger partial charge in [-0.05, 0) is 38.6 Å². The topological polar surface area (TPSA) is 18.5 Å². The average molecular weight is 295 g/mol. The zero-order chi connectivity index (χ0) is 14.4. The number of rotatable bonds is 7. The van der Waals surface area contributed by atoms with E-state index in [1.807, 2.05) is 11.3 Å². The maximum atomic E-state index is 3.48. The third kappa shape index (κ3) is 4.55. The molecule has 3 nitrogen and oxygen atoms in total. The molecule has 0 aromatic carbocycles. The van der Waals surface area contributed by atoms with Crippen LogP contribution in [0.5, 0.6) is 0 Å². The Bertz CT molecular complexity index is 391. The summed E-state index contributed by atoms with van der Waals surface area (Å²) in [6.07, 6.45) is 2.46. The molecule has 1 aromatic heterocycles. The number of nitrogens with zero attached hydrogens (tertiary/aromatic N) is 2. The molecule has 1 N–H and O–H groups in total. The minimum absolute atomic E-state index is 0.731. The van der Waals surface area contributed by atoms with E-state index in [9.17, 15) is 0 Å². The highest BCUT2D eigenvalue weighted by molar-refractivity contribution is 7.11. The van der Waals surface area contributed by atoms with Gasteiger partial charge in [0.1, 0.15) is 0 Å². The van der Waals surface area contributed by atoms with E-state index >= 15 is 0 Å². The molecule has 0 aliphatic carbocycles. The summed E-state index contributed by atoms with van der Waals surface area (Å²) in [7, 11) is 2.26. The Morgan fingerprint density at radius 3 is 2.80 bits per heavy atom. The zero-order valence-corrected chi connectivity index (χ0v) is 14.0. The lowest BCUT2D eigenvalue weighted by Gasteiger charge is -2.38. The van der Waals surface area contributed by atoms with Crippen LogP contribution < -0.4 is 5.32 Å². The van der Waals surface area contributed by atoms with Gasteiger partial charge in [0.25, 0.3) is 0 Å². The van der Waals surface area contributed by atoms with Crippen LogP contribution in [0, 0.1) is 0 Å². The summed E-state index contributed by atoms with van der Waals surface area (Å²) >= 11 is 1.97. The lowest BCUT2D eigenvalue weighted by molar-refractivity contribution is 0.0891. The Hall–Kier alpha value is -0.420. The van der Waals surface area contributed by atoms with Crippen molar-refractivity contribution in [3.8, 4) is 0 Å². The van der Waals surface area contributed by atoms with Gasteiger partial charge in [0.15, 0.2) is 0 Å². The number of thiophene rings is 1. The molecule has 0 radical (unpaired) electrons. The van der Waals surface area contributed by atoms with Crippen molar-refractivity contribution in [3.63, 3.8) is 0 Å². The summed E-state index contributed by atoms with van der Waals surface area (Å²) in [5.41, 5.74) is 0. The van der Waals surface area contributed by atoms with Gasteiger partial charge < -0.3 is 10.2 Å². The van der Waals surface area contributed by atoms with Crippen molar-refractivity contribution in [2.75, 3.05) is 33.2 Å². The molecule has 1 unspecified atom stereocenters. The fourth-order valence-electron chi connectivity index (χ4n) is 2.81. The van der Waals surface area contributed by atoms with Crippen LogP contribution in [-0.2, 0) is 13.1 Å². The lowest BCUT2D eigenvalue weighted by Crippen LogP contribution is -2.50. The highest BCUT2D eigenvalue weighted by Gasteiger charge is 2.22. The fourth-order valence-corrected chi connectivity index (χ4v) is 3.84. The van der Waals surface area contributed by atoms with Crippen LogP contribution in [-0.4, -0.2) is 49.1 Å². The quantitative estimate of drug-likeness (QED) is 0.780. The van der Waals surface area contributed by atoms with E-state index in [-0.39, 0.29) is 0 Å². The maximum absolute atomic E-state index is 3.48. The second-order valence-corrected chi connectivity index (χ2v) is 7.08. The largest absolute Gasteiger partial charge is 0.312 e. The van der Waals surface area contributed by atoms with Crippen molar-refractivity contribution in [1.82, 2.24) is 15.1 Å². The van der Waals surface area contributed by atoms with E-state index < -0.39 is 0 Å². The van der Waals surface area contributed by atoms with Crippen LogP contribution in [0.3, 0.4) is 0 Å². The number of hydrogen-bond donors (Lipinski definition) is 1. The number of likely N-dealkylation sites (N-methyl/N-ethyl adjacent to an activating group) is 1. The summed E-state index contributed by atoms with van der Waals surface area (Å²) in [5, 5.41) is 3.48. The summed E-state index contributed by atoms with van der Waals surface area (Å²) < 4.78 is 0. The van der Waals surface area contributed by atoms with Gasteiger partial charge >= 0.3 is 0 Å². The smallest absolute Gasteiger partial charge is 0.0329 e. The first kappa shape index (κ1) is 16.0. The molecule has 1 aromatic rings. The molecular formula is C16H29N3S. The summed E-state index contributed by atoms with van der Waals surface area (Å²) in [6.45, 7) is 11.4. The van der Waals surface area contributed by atoms with Crippen LogP contribution in [0.4, 0.5) is 0 Å². The van der Waals surface area contributed by atoms with Gasteiger partial charge in [0, 0.05) is 48.5 Å². The molecular weight excluding hydrogens is 266 g/mol. The molecule has 1 atom stereocenters. The molecule has 1 fully saturated rings. The minimum Gasteiger partial charge on any atom is -0.312 e. The average Bonchev–Trinajstić information content (AvgIpc) is 2.89. The van der Waals surface area contributed by atoms with Crippen LogP contribution in [0.25, 0.3) is 0 Å². The van der Waals surface area contributed by atoms with Gasteiger partial charge in [0.2, 0.25) is 0 Å².